The third-order valence-electron chi connectivity index (χ3n) is 7.77. The molecule has 5 nitrogen and oxygen atoms in total. The van der Waals surface area contributed by atoms with Crippen molar-refractivity contribution in [1.29, 1.82) is 5.26 Å². The van der Waals surface area contributed by atoms with E-state index in [2.05, 4.69) is 40.6 Å². The van der Waals surface area contributed by atoms with Crippen LogP contribution in [0.2, 0.25) is 0 Å². The number of nitrogens with zero attached hydrogens (tertiary/aromatic N) is 2. The van der Waals surface area contributed by atoms with E-state index in [0.717, 1.165) is 57.3 Å². The molecule has 1 amide bonds. The van der Waals surface area contributed by atoms with Gasteiger partial charge in [-0.15, -0.1) is 0 Å². The van der Waals surface area contributed by atoms with Crippen molar-refractivity contribution in [3.63, 3.8) is 0 Å². The minimum Gasteiger partial charge on any atom is -0.444 e. The van der Waals surface area contributed by atoms with Crippen LogP contribution >= 0.6 is 0 Å². The fourth-order valence-electron chi connectivity index (χ4n) is 6.26. The number of carbonyl (C=O) groups is 1. The highest BCUT2D eigenvalue weighted by Gasteiger charge is 2.52. The van der Waals surface area contributed by atoms with Gasteiger partial charge in [0.2, 0.25) is 0 Å². The third kappa shape index (κ3) is 5.90. The number of benzene rings is 2. The van der Waals surface area contributed by atoms with Crippen molar-refractivity contribution in [3.8, 4) is 6.07 Å². The lowest BCUT2D eigenvalue weighted by Crippen LogP contribution is -2.52. The van der Waals surface area contributed by atoms with Crippen LogP contribution in [0.3, 0.4) is 0 Å². The van der Waals surface area contributed by atoms with Gasteiger partial charge in [-0.1, -0.05) is 48.9 Å². The van der Waals surface area contributed by atoms with E-state index in [1.807, 2.05) is 32.9 Å². The molecule has 0 radical (unpaired) electrons. The fraction of sp³-hybridized carbons (Fsp3) is 0.533. The maximum atomic E-state index is 14.5. The molecular formula is C30H38FN3O2. The topological polar surface area (TPSA) is 65.4 Å². The van der Waals surface area contributed by atoms with Crippen molar-refractivity contribution >= 4 is 6.09 Å². The van der Waals surface area contributed by atoms with Crippen molar-refractivity contribution < 1.29 is 13.9 Å². The second-order valence-corrected chi connectivity index (χ2v) is 11.3. The molecule has 1 saturated carbocycles. The molecule has 0 unspecified atom stereocenters. The van der Waals surface area contributed by atoms with E-state index in [1.54, 1.807) is 6.07 Å². The first-order chi connectivity index (χ1) is 17.2. The van der Waals surface area contributed by atoms with Crippen LogP contribution in [0.25, 0.3) is 0 Å². The highest BCUT2D eigenvalue weighted by molar-refractivity contribution is 5.68. The number of hydrogen-bond acceptors (Lipinski definition) is 4. The SMILES string of the molecule is CC(C)(C)OC(=O)N[C@H]1CCC[C@@H]1[C@](C#N)(c1cccc(F)c1)C1CCN(Cc2ccccc2)CC1. The van der Waals surface area contributed by atoms with Crippen molar-refractivity contribution in [1.82, 2.24) is 10.2 Å². The Bertz CT molecular complexity index is 1070. The number of carbonyl (C=O) groups excluding carboxylic acids is 1. The lowest BCUT2D eigenvalue weighted by molar-refractivity contribution is 0.0459. The molecule has 1 heterocycles. The Kier molecular flexibility index (Phi) is 8.00. The van der Waals surface area contributed by atoms with Crippen molar-refractivity contribution in [2.75, 3.05) is 13.1 Å². The van der Waals surface area contributed by atoms with E-state index in [4.69, 9.17) is 4.74 Å². The molecule has 1 aliphatic carbocycles. The minimum atomic E-state index is -0.878. The van der Waals surface area contributed by atoms with Gasteiger partial charge in [0.05, 0.1) is 11.5 Å². The normalized spacial score (nSPS) is 23.0. The van der Waals surface area contributed by atoms with Gasteiger partial charge in [-0.2, -0.15) is 5.26 Å². The van der Waals surface area contributed by atoms with Gasteiger partial charge in [0.15, 0.2) is 0 Å². The Morgan fingerprint density at radius 1 is 1.08 bits per heavy atom. The molecule has 1 aliphatic heterocycles. The molecule has 2 fully saturated rings. The van der Waals surface area contributed by atoms with Gasteiger partial charge in [0.25, 0.3) is 0 Å². The molecular weight excluding hydrogens is 453 g/mol. The molecule has 1 N–H and O–H groups in total. The van der Waals surface area contributed by atoms with Crippen LogP contribution in [0.15, 0.2) is 54.6 Å². The van der Waals surface area contributed by atoms with E-state index >= 15 is 0 Å². The average Bonchev–Trinajstić information content (AvgIpc) is 3.29. The number of amides is 1. The van der Waals surface area contributed by atoms with Gasteiger partial charge < -0.3 is 10.1 Å². The van der Waals surface area contributed by atoms with Gasteiger partial charge in [-0.25, -0.2) is 9.18 Å². The van der Waals surface area contributed by atoms with Crippen LogP contribution in [0.1, 0.15) is 64.0 Å². The molecule has 3 atom stereocenters. The molecule has 0 spiro atoms. The smallest absolute Gasteiger partial charge is 0.407 e. The molecule has 6 heteroatoms. The van der Waals surface area contributed by atoms with Gasteiger partial charge in [-0.05, 0) is 88.7 Å². The quantitative estimate of drug-likeness (QED) is 0.523. The minimum absolute atomic E-state index is 0.0716. The number of rotatable bonds is 6. The number of nitriles is 1. The summed E-state index contributed by atoms with van der Waals surface area (Å²) in [5.74, 6) is -0.367. The zero-order valence-corrected chi connectivity index (χ0v) is 21.7. The highest BCUT2D eigenvalue weighted by Crippen LogP contribution is 2.50. The second-order valence-electron chi connectivity index (χ2n) is 11.3. The largest absolute Gasteiger partial charge is 0.444 e. The Balaban J connectivity index is 1.59. The maximum absolute atomic E-state index is 14.5. The first-order valence-electron chi connectivity index (χ1n) is 13.1. The summed E-state index contributed by atoms with van der Waals surface area (Å²) >= 11 is 0. The average molecular weight is 492 g/mol. The molecule has 1 saturated heterocycles. The lowest BCUT2D eigenvalue weighted by atomic mass is 9.59. The standard InChI is InChI=1S/C30H38FN3O2/c1-29(2,3)36-28(35)33-27-14-8-13-26(27)30(21-32,24-11-7-12-25(31)19-24)23-15-17-34(18-16-23)20-22-9-5-4-6-10-22/h4-7,9-12,19,23,26-27H,8,13-18,20H2,1-3H3,(H,33,35)/t26-,27-,30-/m0/s1. The Morgan fingerprint density at radius 2 is 1.81 bits per heavy atom. The molecule has 2 aromatic carbocycles. The monoisotopic (exact) mass is 491 g/mol. The number of likely N-dealkylation sites (tertiary alicyclic amines) is 1. The number of hydrogen-bond donors (Lipinski definition) is 1. The van der Waals surface area contributed by atoms with E-state index in [9.17, 15) is 14.4 Å². The van der Waals surface area contributed by atoms with Crippen molar-refractivity contribution in [2.24, 2.45) is 11.8 Å². The van der Waals surface area contributed by atoms with Gasteiger partial charge in [0.1, 0.15) is 11.4 Å². The predicted octanol–water partition coefficient (Wildman–Crippen LogP) is 6.19. The molecule has 2 aliphatic rings. The first kappa shape index (κ1) is 26.2. The number of nitrogens with one attached hydrogen (secondary N) is 1. The Hall–Kier alpha value is -2.91. The van der Waals surface area contributed by atoms with E-state index in [1.165, 1.54) is 17.7 Å². The van der Waals surface area contributed by atoms with E-state index < -0.39 is 17.1 Å². The van der Waals surface area contributed by atoms with Gasteiger partial charge in [0, 0.05) is 18.5 Å². The summed E-state index contributed by atoms with van der Waals surface area (Å²) < 4.78 is 20.0. The zero-order chi connectivity index (χ0) is 25.8. The summed E-state index contributed by atoms with van der Waals surface area (Å²) in [6.45, 7) is 8.18. The molecule has 0 bridgehead atoms. The summed E-state index contributed by atoms with van der Waals surface area (Å²) in [7, 11) is 0. The van der Waals surface area contributed by atoms with Crippen LogP contribution in [0, 0.1) is 29.0 Å². The molecule has 36 heavy (non-hydrogen) atoms. The van der Waals surface area contributed by atoms with Crippen molar-refractivity contribution in [2.45, 2.75) is 76.5 Å². The fourth-order valence-corrected chi connectivity index (χ4v) is 6.26. The first-order valence-corrected chi connectivity index (χ1v) is 13.1. The summed E-state index contributed by atoms with van der Waals surface area (Å²) in [6.07, 6.45) is 3.77. The number of piperidine rings is 1. The van der Waals surface area contributed by atoms with Crippen LogP contribution in [0.5, 0.6) is 0 Å². The van der Waals surface area contributed by atoms with E-state index in [-0.39, 0.29) is 23.7 Å². The van der Waals surface area contributed by atoms with Crippen LogP contribution < -0.4 is 5.32 Å². The molecule has 2 aromatic rings. The van der Waals surface area contributed by atoms with Crippen LogP contribution in [-0.2, 0) is 16.7 Å². The number of halogens is 1. The molecule has 0 aromatic heterocycles. The summed E-state index contributed by atoms with van der Waals surface area (Å²) in [5.41, 5.74) is 0.537. The van der Waals surface area contributed by atoms with Gasteiger partial charge >= 0.3 is 6.09 Å². The van der Waals surface area contributed by atoms with E-state index in [0.29, 0.717) is 0 Å². The highest BCUT2D eigenvalue weighted by atomic mass is 19.1. The summed E-state index contributed by atoms with van der Waals surface area (Å²) in [5, 5.41) is 13.9. The lowest BCUT2D eigenvalue weighted by Gasteiger charge is -2.46. The number of alkyl carbamates (subject to hydrolysis) is 1. The summed E-state index contributed by atoms with van der Waals surface area (Å²) in [6, 6.07) is 19.5. The van der Waals surface area contributed by atoms with Gasteiger partial charge in [-0.3, -0.25) is 4.90 Å². The predicted molar refractivity (Wildman–Crippen MR) is 139 cm³/mol. The Morgan fingerprint density at radius 3 is 2.44 bits per heavy atom. The maximum Gasteiger partial charge on any atom is 0.407 e. The summed E-state index contributed by atoms with van der Waals surface area (Å²) in [4.78, 5) is 15.1. The van der Waals surface area contributed by atoms with Crippen molar-refractivity contribution in [3.05, 3.63) is 71.5 Å². The van der Waals surface area contributed by atoms with Crippen LogP contribution in [0.4, 0.5) is 9.18 Å². The second kappa shape index (κ2) is 11.0. The molecule has 192 valence electrons. The molecule has 4 rings (SSSR count). The number of ether oxygens (including phenoxy) is 1. The zero-order valence-electron chi connectivity index (χ0n) is 21.7. The third-order valence-corrected chi connectivity index (χ3v) is 7.77. The Labute approximate surface area is 214 Å². The van der Waals surface area contributed by atoms with Crippen LogP contribution in [-0.4, -0.2) is 35.7 Å².